The van der Waals surface area contributed by atoms with E-state index in [4.69, 9.17) is 9.47 Å². The Morgan fingerprint density at radius 3 is 2.88 bits per heavy atom. The van der Waals surface area contributed by atoms with Gasteiger partial charge in [0.05, 0.1) is 19.0 Å². The van der Waals surface area contributed by atoms with Crippen LogP contribution in [0, 0.1) is 0 Å². The van der Waals surface area contributed by atoms with Crippen LogP contribution in [0.4, 0.5) is 0 Å². The number of aromatic nitrogens is 3. The summed E-state index contributed by atoms with van der Waals surface area (Å²) >= 11 is 1.37. The van der Waals surface area contributed by atoms with Crippen LogP contribution >= 0.6 is 11.8 Å². The Balaban J connectivity index is 1.72. The zero-order chi connectivity index (χ0) is 17.6. The Kier molecular flexibility index (Phi) is 5.80. The van der Waals surface area contributed by atoms with E-state index < -0.39 is 0 Å². The molecule has 3 rings (SSSR count). The van der Waals surface area contributed by atoms with E-state index in [1.807, 2.05) is 36.7 Å². The van der Waals surface area contributed by atoms with Crippen molar-refractivity contribution >= 4 is 17.7 Å². The van der Waals surface area contributed by atoms with E-state index in [0.717, 1.165) is 35.7 Å². The third-order valence-electron chi connectivity index (χ3n) is 3.75. The molecule has 1 aromatic heterocycles. The van der Waals surface area contributed by atoms with E-state index in [2.05, 4.69) is 15.5 Å². The van der Waals surface area contributed by atoms with Crippen LogP contribution in [0.25, 0.3) is 11.4 Å². The van der Waals surface area contributed by atoms with Gasteiger partial charge < -0.3 is 19.4 Å². The molecule has 2 aromatic rings. The SMILES string of the molecule is CCCNC(=O)CSc1nnc(-c2ccc3c(c2)OCCCO3)n1C. The van der Waals surface area contributed by atoms with Crippen LogP contribution in [-0.2, 0) is 11.8 Å². The van der Waals surface area contributed by atoms with Gasteiger partial charge in [-0.15, -0.1) is 10.2 Å². The summed E-state index contributed by atoms with van der Waals surface area (Å²) < 4.78 is 13.3. The predicted octanol–water partition coefficient (Wildman–Crippen LogP) is 2.26. The highest BCUT2D eigenvalue weighted by Crippen LogP contribution is 2.34. The molecule has 1 N–H and O–H groups in total. The van der Waals surface area contributed by atoms with Crippen molar-refractivity contribution in [1.82, 2.24) is 20.1 Å². The van der Waals surface area contributed by atoms with E-state index in [-0.39, 0.29) is 5.91 Å². The van der Waals surface area contributed by atoms with Gasteiger partial charge in [-0.1, -0.05) is 18.7 Å². The first-order valence-electron chi connectivity index (χ1n) is 8.38. The van der Waals surface area contributed by atoms with Crippen LogP contribution < -0.4 is 14.8 Å². The van der Waals surface area contributed by atoms with Gasteiger partial charge in [0.2, 0.25) is 5.91 Å². The molecule has 1 aliphatic heterocycles. The lowest BCUT2D eigenvalue weighted by molar-refractivity contribution is -0.118. The molecular formula is C17H22N4O3S. The summed E-state index contributed by atoms with van der Waals surface area (Å²) in [5.41, 5.74) is 0.904. The number of benzene rings is 1. The van der Waals surface area contributed by atoms with Gasteiger partial charge in [0.15, 0.2) is 22.5 Å². The fourth-order valence-electron chi connectivity index (χ4n) is 2.44. The van der Waals surface area contributed by atoms with Crippen molar-refractivity contribution in [3.8, 4) is 22.9 Å². The maximum atomic E-state index is 11.7. The van der Waals surface area contributed by atoms with Gasteiger partial charge in [0, 0.05) is 25.6 Å². The lowest BCUT2D eigenvalue weighted by Gasteiger charge is -2.09. The van der Waals surface area contributed by atoms with Crippen molar-refractivity contribution in [1.29, 1.82) is 0 Å². The quantitative estimate of drug-likeness (QED) is 0.794. The van der Waals surface area contributed by atoms with E-state index >= 15 is 0 Å². The van der Waals surface area contributed by atoms with Crippen LogP contribution in [0.1, 0.15) is 19.8 Å². The van der Waals surface area contributed by atoms with Gasteiger partial charge in [-0.25, -0.2) is 0 Å². The van der Waals surface area contributed by atoms with Gasteiger partial charge in [0.1, 0.15) is 0 Å². The molecule has 134 valence electrons. The number of amides is 1. The molecular weight excluding hydrogens is 340 g/mol. The van der Waals surface area contributed by atoms with Crippen molar-refractivity contribution in [2.24, 2.45) is 7.05 Å². The number of thioether (sulfide) groups is 1. The molecule has 0 saturated carbocycles. The Morgan fingerprint density at radius 2 is 2.08 bits per heavy atom. The number of carbonyl (C=O) groups is 1. The molecule has 2 heterocycles. The molecule has 1 aliphatic rings. The summed E-state index contributed by atoms with van der Waals surface area (Å²) in [6.45, 7) is 4.03. The van der Waals surface area contributed by atoms with Crippen LogP contribution in [0.5, 0.6) is 11.5 Å². The van der Waals surface area contributed by atoms with E-state index in [1.54, 1.807) is 0 Å². The smallest absolute Gasteiger partial charge is 0.230 e. The molecule has 0 unspecified atom stereocenters. The number of ether oxygens (including phenoxy) is 2. The molecule has 0 aliphatic carbocycles. The van der Waals surface area contributed by atoms with Gasteiger partial charge in [-0.2, -0.15) is 0 Å². The van der Waals surface area contributed by atoms with Crippen molar-refractivity contribution < 1.29 is 14.3 Å². The summed E-state index contributed by atoms with van der Waals surface area (Å²) in [5.74, 6) is 2.54. The number of nitrogens with zero attached hydrogens (tertiary/aromatic N) is 3. The summed E-state index contributed by atoms with van der Waals surface area (Å²) in [7, 11) is 1.89. The topological polar surface area (TPSA) is 78.3 Å². The lowest BCUT2D eigenvalue weighted by atomic mass is 10.2. The Hall–Kier alpha value is -2.22. The second-order valence-corrected chi connectivity index (χ2v) is 6.66. The molecule has 7 nitrogen and oxygen atoms in total. The third-order valence-corrected chi connectivity index (χ3v) is 4.77. The highest BCUT2D eigenvalue weighted by molar-refractivity contribution is 7.99. The maximum Gasteiger partial charge on any atom is 0.230 e. The first kappa shape index (κ1) is 17.6. The van der Waals surface area contributed by atoms with E-state index in [0.29, 0.717) is 30.7 Å². The number of rotatable bonds is 6. The molecule has 0 atom stereocenters. The van der Waals surface area contributed by atoms with Crippen LogP contribution in [0.3, 0.4) is 0 Å². The molecule has 0 saturated heterocycles. The number of hydrogen-bond donors (Lipinski definition) is 1. The normalized spacial score (nSPS) is 13.4. The zero-order valence-electron chi connectivity index (χ0n) is 14.4. The van der Waals surface area contributed by atoms with Crippen molar-refractivity contribution in [2.45, 2.75) is 24.9 Å². The maximum absolute atomic E-state index is 11.7. The number of fused-ring (bicyclic) bond motifs is 1. The second-order valence-electron chi connectivity index (χ2n) is 5.72. The number of carbonyl (C=O) groups excluding carboxylic acids is 1. The highest BCUT2D eigenvalue weighted by atomic mass is 32.2. The molecule has 0 spiro atoms. The monoisotopic (exact) mass is 362 g/mol. The first-order chi connectivity index (χ1) is 12.2. The van der Waals surface area contributed by atoms with E-state index in [1.165, 1.54) is 11.8 Å². The zero-order valence-corrected chi connectivity index (χ0v) is 15.3. The minimum absolute atomic E-state index is 0.00646. The fraction of sp³-hybridized carbons (Fsp3) is 0.471. The molecule has 0 fully saturated rings. The largest absolute Gasteiger partial charge is 0.490 e. The second kappa shape index (κ2) is 8.24. The Morgan fingerprint density at radius 1 is 1.28 bits per heavy atom. The highest BCUT2D eigenvalue weighted by Gasteiger charge is 2.16. The summed E-state index contributed by atoms with van der Waals surface area (Å²) in [4.78, 5) is 11.7. The lowest BCUT2D eigenvalue weighted by Crippen LogP contribution is -2.25. The first-order valence-corrected chi connectivity index (χ1v) is 9.36. The average molecular weight is 362 g/mol. The van der Waals surface area contributed by atoms with Crippen molar-refractivity contribution in [3.63, 3.8) is 0 Å². The fourth-order valence-corrected chi connectivity index (χ4v) is 3.18. The number of hydrogen-bond acceptors (Lipinski definition) is 6. The molecule has 1 amide bonds. The molecule has 0 radical (unpaired) electrons. The molecule has 1 aromatic carbocycles. The minimum atomic E-state index is 0.00646. The predicted molar refractivity (Wildman–Crippen MR) is 96.1 cm³/mol. The van der Waals surface area contributed by atoms with E-state index in [9.17, 15) is 4.79 Å². The van der Waals surface area contributed by atoms with Gasteiger partial charge in [-0.05, 0) is 24.6 Å². The summed E-state index contributed by atoms with van der Waals surface area (Å²) in [5, 5.41) is 12.0. The Labute approximate surface area is 151 Å². The van der Waals surface area contributed by atoms with Gasteiger partial charge >= 0.3 is 0 Å². The molecule has 0 bridgehead atoms. The Bertz CT molecular complexity index is 747. The van der Waals surface area contributed by atoms with Crippen LogP contribution in [0.15, 0.2) is 23.4 Å². The third kappa shape index (κ3) is 4.25. The summed E-state index contributed by atoms with van der Waals surface area (Å²) in [6.07, 6.45) is 1.80. The standard InChI is InChI=1S/C17H22N4O3S/c1-3-7-18-15(22)11-25-17-20-19-16(21(17)2)12-5-6-13-14(10-12)24-9-4-8-23-13/h5-6,10H,3-4,7-9,11H2,1-2H3,(H,18,22). The summed E-state index contributed by atoms with van der Waals surface area (Å²) in [6, 6.07) is 5.77. The van der Waals surface area contributed by atoms with Crippen LogP contribution in [0.2, 0.25) is 0 Å². The number of nitrogens with one attached hydrogen (secondary N) is 1. The van der Waals surface area contributed by atoms with Gasteiger partial charge in [0.25, 0.3) is 0 Å². The van der Waals surface area contributed by atoms with Gasteiger partial charge in [-0.3, -0.25) is 4.79 Å². The molecule has 25 heavy (non-hydrogen) atoms. The van der Waals surface area contributed by atoms with Crippen molar-refractivity contribution in [2.75, 3.05) is 25.5 Å². The molecule has 8 heteroatoms. The van der Waals surface area contributed by atoms with Crippen LogP contribution in [-0.4, -0.2) is 46.2 Å². The van der Waals surface area contributed by atoms with Crippen molar-refractivity contribution in [3.05, 3.63) is 18.2 Å². The minimum Gasteiger partial charge on any atom is -0.490 e. The average Bonchev–Trinajstić information content (AvgIpc) is 2.83.